The third kappa shape index (κ3) is 9.39. The summed E-state index contributed by atoms with van der Waals surface area (Å²) in [6, 6.07) is 25.5. The van der Waals surface area contributed by atoms with Gasteiger partial charge in [-0.1, -0.05) is 103 Å². The van der Waals surface area contributed by atoms with Crippen molar-refractivity contribution in [3.05, 3.63) is 159 Å². The second-order valence-electron chi connectivity index (χ2n) is 14.9. The summed E-state index contributed by atoms with van der Waals surface area (Å²) >= 11 is 23.3. The molecule has 10 rings (SSSR count). The molecule has 6 aromatic rings. The first kappa shape index (κ1) is 45.5. The van der Waals surface area contributed by atoms with Crippen LogP contribution >= 0.6 is 73.3 Å². The lowest BCUT2D eigenvalue weighted by molar-refractivity contribution is 0.0413. The molecule has 0 saturated heterocycles. The normalized spacial score (nSPS) is 16.2. The third-order valence-corrected chi connectivity index (χ3v) is 13.9. The molecule has 1 N–H and O–H groups in total. The number of carbonyl (C=O) groups excluding carboxylic acids is 4. The number of aromatic nitrogens is 2. The highest BCUT2D eigenvalue weighted by atomic mass is 127. The topological polar surface area (TPSA) is 127 Å². The SMILES string of the molecule is CC1=C(Br)C(=O)c2ccccc2C1=O.CC1=C(Cl)C(=O)c2ccccc2C1=O.Clc1cc2c(c3ncccc13)OCN(C1CCCCC1)C2.Oc1c(I)cc(Cl)c2cccnc12. The molecule has 1 aliphatic heterocycles. The minimum Gasteiger partial charge on any atom is -0.505 e. The van der Waals surface area contributed by atoms with E-state index in [1.54, 1.807) is 86.9 Å². The summed E-state index contributed by atoms with van der Waals surface area (Å²) in [5.74, 6) is 0.497. The number of hydrogen-bond acceptors (Lipinski definition) is 9. The largest absolute Gasteiger partial charge is 0.505 e. The number of allylic oxidation sites excluding steroid dienone is 4. The van der Waals surface area contributed by atoms with E-state index in [4.69, 9.17) is 39.5 Å². The molecule has 0 bridgehead atoms. The van der Waals surface area contributed by atoms with E-state index in [2.05, 4.69) is 36.9 Å². The van der Waals surface area contributed by atoms with Crippen molar-refractivity contribution in [1.29, 1.82) is 0 Å². The maximum Gasteiger partial charge on any atom is 0.205 e. The Labute approximate surface area is 395 Å². The van der Waals surface area contributed by atoms with Crippen molar-refractivity contribution in [3.8, 4) is 11.5 Å². The Bertz CT molecular complexity index is 2680. The average molecular weight is 1070 g/mol. The van der Waals surface area contributed by atoms with E-state index in [9.17, 15) is 24.3 Å². The first-order valence-corrected chi connectivity index (χ1v) is 22.7. The standard InChI is InChI=1S/C17H19ClN2O.C11H7BrO2.C11H7ClO2.C9H5ClINO/c18-15-9-12-10-20(13-5-2-1-3-6-13)11-21-17(12)16-14(15)7-4-8-19-16;2*1-6-9(12)11(14)8-5-3-2-4-7(8)10(6)13;10-6-4-7(11)9(13)8-5(6)2-1-3-12-8/h4,7-9,13H,1-3,5-6,10-11H2;2*2-5H,1H3;1-4,13H. The van der Waals surface area contributed by atoms with Gasteiger partial charge >= 0.3 is 0 Å². The summed E-state index contributed by atoms with van der Waals surface area (Å²) in [4.78, 5) is 57.7. The van der Waals surface area contributed by atoms with Crippen LogP contribution in [-0.2, 0) is 6.54 Å². The molecular weight excluding hydrogens is 1030 g/mol. The molecule has 2 aromatic heterocycles. The zero-order valence-corrected chi connectivity index (χ0v) is 39.5. The van der Waals surface area contributed by atoms with E-state index in [0.717, 1.165) is 33.6 Å². The molecule has 3 aliphatic carbocycles. The van der Waals surface area contributed by atoms with Crippen LogP contribution in [0.25, 0.3) is 21.8 Å². The van der Waals surface area contributed by atoms with E-state index in [1.807, 2.05) is 40.8 Å². The number of pyridine rings is 2. The molecule has 0 atom stereocenters. The second-order valence-corrected chi connectivity index (χ2v) is 18.1. The summed E-state index contributed by atoms with van der Waals surface area (Å²) in [5, 5.41) is 12.8. The molecule has 0 amide bonds. The molecule has 3 heterocycles. The number of Topliss-reactive ketones (excluding diaryl/α,β-unsaturated/α-hetero) is 4. The number of hydrogen-bond donors (Lipinski definition) is 1. The number of benzene rings is 4. The van der Waals surface area contributed by atoms with Gasteiger partial charge in [-0.3, -0.25) is 34.0 Å². The fraction of sp³-hybridized carbons (Fsp3) is 0.208. The van der Waals surface area contributed by atoms with Gasteiger partial charge in [0.15, 0.2) is 23.1 Å². The summed E-state index contributed by atoms with van der Waals surface area (Å²) in [6.07, 6.45) is 10.1. The number of rotatable bonds is 1. The van der Waals surface area contributed by atoms with Crippen LogP contribution in [0.3, 0.4) is 0 Å². The van der Waals surface area contributed by atoms with Gasteiger partial charge in [-0.25, -0.2) is 0 Å². The van der Waals surface area contributed by atoms with Crippen LogP contribution in [0.4, 0.5) is 0 Å². The number of aromatic hydroxyl groups is 1. The Morgan fingerprint density at radius 1 is 0.694 bits per heavy atom. The number of ketones is 4. The quantitative estimate of drug-likeness (QED) is 0.160. The van der Waals surface area contributed by atoms with Gasteiger partial charge in [0.25, 0.3) is 0 Å². The average Bonchev–Trinajstić information content (AvgIpc) is 3.31. The monoisotopic (exact) mass is 1060 g/mol. The molecule has 0 spiro atoms. The molecule has 0 radical (unpaired) electrons. The van der Waals surface area contributed by atoms with Crippen LogP contribution < -0.4 is 4.74 Å². The zero-order valence-electron chi connectivity index (χ0n) is 33.5. The predicted molar refractivity (Wildman–Crippen MR) is 256 cm³/mol. The van der Waals surface area contributed by atoms with Gasteiger partial charge in [0, 0.05) is 74.7 Å². The molecule has 14 heteroatoms. The number of nitrogens with zero attached hydrogens (tertiary/aromatic N) is 3. The van der Waals surface area contributed by atoms with Gasteiger partial charge in [-0.15, -0.1) is 0 Å². The molecular formula is C48H38BrCl3IN3O6. The smallest absolute Gasteiger partial charge is 0.205 e. The zero-order chi connectivity index (χ0) is 44.2. The maximum absolute atomic E-state index is 11.7. The molecule has 4 aliphatic rings. The molecule has 9 nitrogen and oxygen atoms in total. The van der Waals surface area contributed by atoms with Crippen molar-refractivity contribution in [2.45, 2.75) is 58.5 Å². The molecule has 1 saturated carbocycles. The second kappa shape index (κ2) is 19.9. The highest BCUT2D eigenvalue weighted by Crippen LogP contribution is 2.39. The minimum absolute atomic E-state index is 0.0358. The Kier molecular flexibility index (Phi) is 14.6. The van der Waals surface area contributed by atoms with E-state index in [0.29, 0.717) is 64.8 Å². The first-order chi connectivity index (χ1) is 29.8. The number of ether oxygens (including phenoxy) is 1. The fourth-order valence-electron chi connectivity index (χ4n) is 7.69. The number of carbonyl (C=O) groups is 4. The van der Waals surface area contributed by atoms with Crippen molar-refractivity contribution in [2.75, 3.05) is 6.73 Å². The Morgan fingerprint density at radius 2 is 1.21 bits per heavy atom. The van der Waals surface area contributed by atoms with Crippen LogP contribution in [0, 0.1) is 3.57 Å². The molecule has 316 valence electrons. The Morgan fingerprint density at radius 3 is 1.82 bits per heavy atom. The number of phenolic OH excluding ortho intramolecular Hbond substituents is 1. The van der Waals surface area contributed by atoms with Crippen molar-refractivity contribution < 1.29 is 29.0 Å². The fourth-order valence-corrected chi connectivity index (χ4v) is 9.57. The molecule has 0 unspecified atom stereocenters. The van der Waals surface area contributed by atoms with E-state index in [-0.39, 0.29) is 33.9 Å². The lowest BCUT2D eigenvalue weighted by atomic mass is 9.90. The van der Waals surface area contributed by atoms with Crippen LogP contribution in [0.5, 0.6) is 11.5 Å². The first-order valence-electron chi connectivity index (χ1n) is 19.7. The molecule has 62 heavy (non-hydrogen) atoms. The van der Waals surface area contributed by atoms with E-state index >= 15 is 0 Å². The van der Waals surface area contributed by atoms with Crippen molar-refractivity contribution in [1.82, 2.24) is 14.9 Å². The van der Waals surface area contributed by atoms with E-state index < -0.39 is 0 Å². The van der Waals surface area contributed by atoms with Crippen molar-refractivity contribution in [2.24, 2.45) is 0 Å². The highest BCUT2D eigenvalue weighted by molar-refractivity contribution is 14.1. The van der Waals surface area contributed by atoms with Gasteiger partial charge in [0.05, 0.1) is 23.1 Å². The van der Waals surface area contributed by atoms with Gasteiger partial charge in [-0.05, 0) is 102 Å². The minimum atomic E-state index is -0.264. The van der Waals surface area contributed by atoms with Gasteiger partial charge in [0.2, 0.25) is 11.6 Å². The predicted octanol–water partition coefficient (Wildman–Crippen LogP) is 12.9. The van der Waals surface area contributed by atoms with Crippen molar-refractivity contribution in [3.63, 3.8) is 0 Å². The van der Waals surface area contributed by atoms with Crippen LogP contribution in [0.2, 0.25) is 10.0 Å². The number of halogens is 5. The van der Waals surface area contributed by atoms with Crippen LogP contribution in [-0.4, -0.2) is 55.9 Å². The summed E-state index contributed by atoms with van der Waals surface area (Å²) in [6.45, 7) is 4.82. The van der Waals surface area contributed by atoms with E-state index in [1.165, 1.54) is 37.7 Å². The summed E-state index contributed by atoms with van der Waals surface area (Å²) in [7, 11) is 0. The van der Waals surface area contributed by atoms with Gasteiger partial charge in [0.1, 0.15) is 17.8 Å². The summed E-state index contributed by atoms with van der Waals surface area (Å²) in [5.41, 5.74) is 5.25. The van der Waals surface area contributed by atoms with Gasteiger partial charge in [-0.2, -0.15) is 0 Å². The third-order valence-electron chi connectivity index (χ3n) is 11.1. The highest BCUT2D eigenvalue weighted by Gasteiger charge is 2.30. The Hall–Kier alpha value is -4.50. The number of fused-ring (bicyclic) bond motifs is 6. The van der Waals surface area contributed by atoms with Crippen molar-refractivity contribution >= 4 is 118 Å². The number of phenols is 1. The molecule has 1 fully saturated rings. The van der Waals surface area contributed by atoms with Crippen LogP contribution in [0.1, 0.15) is 92.9 Å². The van der Waals surface area contributed by atoms with Gasteiger partial charge < -0.3 is 9.84 Å². The Balaban J connectivity index is 0.000000127. The lowest BCUT2D eigenvalue weighted by Gasteiger charge is -2.37. The lowest BCUT2D eigenvalue weighted by Crippen LogP contribution is -2.41. The molecule has 4 aromatic carbocycles. The van der Waals surface area contributed by atoms with Crippen LogP contribution in [0.15, 0.2) is 118 Å². The maximum atomic E-state index is 11.7. The summed E-state index contributed by atoms with van der Waals surface area (Å²) < 4.78 is 7.15.